The molecule has 2 N–H and O–H groups in total. The Bertz CT molecular complexity index is 1080. The van der Waals surface area contributed by atoms with Crippen molar-refractivity contribution in [3.8, 4) is 18.1 Å². The summed E-state index contributed by atoms with van der Waals surface area (Å²) in [6, 6.07) is 13.8. The molecule has 2 aromatic carbocycles. The van der Waals surface area contributed by atoms with E-state index in [-0.39, 0.29) is 17.9 Å². The highest BCUT2D eigenvalue weighted by atomic mass is 16.5. The number of nitrogens with zero attached hydrogens (tertiary/aromatic N) is 2. The van der Waals surface area contributed by atoms with Crippen LogP contribution in [0.1, 0.15) is 16.1 Å². The number of aromatic amines is 1. The lowest BCUT2D eigenvalue weighted by Crippen LogP contribution is -2.22. The Morgan fingerprint density at radius 2 is 1.96 bits per heavy atom. The Labute approximate surface area is 148 Å². The van der Waals surface area contributed by atoms with Gasteiger partial charge in [-0.2, -0.15) is 10.2 Å². The molecule has 0 bridgehead atoms. The summed E-state index contributed by atoms with van der Waals surface area (Å²) in [6.07, 6.45) is 6.63. The van der Waals surface area contributed by atoms with Gasteiger partial charge in [0.25, 0.3) is 11.5 Å². The van der Waals surface area contributed by atoms with Crippen LogP contribution in [-0.2, 0) is 0 Å². The second-order valence-electron chi connectivity index (χ2n) is 5.18. The highest BCUT2D eigenvalue weighted by molar-refractivity contribution is 6.04. The second kappa shape index (κ2) is 7.77. The number of carbonyl (C=O) groups excluding carboxylic acids is 1. The zero-order valence-corrected chi connectivity index (χ0v) is 13.6. The standard InChI is InChI=1S/C19H14N4O3/c1-2-11-26-16-10-6-3-7-13(16)12-20-22-19(25)17-14-8-4-5-9-15(14)18(24)23-21-17/h1,3-10,12H,11H2,(H,22,25)(H,23,24)/b20-12-. The van der Waals surface area contributed by atoms with Gasteiger partial charge in [-0.1, -0.05) is 36.3 Å². The molecule has 128 valence electrons. The first kappa shape index (κ1) is 16.9. The number of aromatic nitrogens is 2. The van der Waals surface area contributed by atoms with E-state index in [0.717, 1.165) is 0 Å². The molecule has 0 saturated carbocycles. The maximum absolute atomic E-state index is 12.3. The topological polar surface area (TPSA) is 96.4 Å². The van der Waals surface area contributed by atoms with Crippen molar-refractivity contribution in [2.75, 3.05) is 6.61 Å². The number of H-pyrrole nitrogens is 1. The molecular formula is C19H14N4O3. The van der Waals surface area contributed by atoms with Crippen molar-refractivity contribution in [1.82, 2.24) is 15.6 Å². The van der Waals surface area contributed by atoms with Crippen LogP contribution in [0, 0.1) is 12.3 Å². The number of hydrazone groups is 1. The lowest BCUT2D eigenvalue weighted by molar-refractivity contribution is 0.0951. The van der Waals surface area contributed by atoms with E-state index in [1.165, 1.54) is 6.21 Å². The first-order chi connectivity index (χ1) is 12.7. The van der Waals surface area contributed by atoms with Crippen LogP contribution in [0.25, 0.3) is 10.8 Å². The van der Waals surface area contributed by atoms with Crippen molar-refractivity contribution in [3.63, 3.8) is 0 Å². The minimum atomic E-state index is -0.546. The zero-order chi connectivity index (χ0) is 18.4. The van der Waals surface area contributed by atoms with Crippen molar-refractivity contribution in [2.24, 2.45) is 5.10 Å². The first-order valence-corrected chi connectivity index (χ1v) is 7.67. The normalized spacial score (nSPS) is 10.6. The second-order valence-corrected chi connectivity index (χ2v) is 5.18. The summed E-state index contributed by atoms with van der Waals surface area (Å²) in [6.45, 7) is 0.129. The van der Waals surface area contributed by atoms with Crippen LogP contribution in [0.2, 0.25) is 0 Å². The highest BCUT2D eigenvalue weighted by Gasteiger charge is 2.13. The molecule has 0 atom stereocenters. The predicted molar refractivity (Wildman–Crippen MR) is 98.2 cm³/mol. The molecule has 0 unspecified atom stereocenters. The minimum absolute atomic E-state index is 0.0780. The van der Waals surface area contributed by atoms with Crippen molar-refractivity contribution in [3.05, 3.63) is 70.1 Å². The Morgan fingerprint density at radius 1 is 1.23 bits per heavy atom. The number of hydrogen-bond acceptors (Lipinski definition) is 5. The molecule has 3 aromatic rings. The molecule has 3 rings (SSSR count). The minimum Gasteiger partial charge on any atom is -0.480 e. The molecule has 26 heavy (non-hydrogen) atoms. The molecule has 0 aliphatic carbocycles. The summed E-state index contributed by atoms with van der Waals surface area (Å²) >= 11 is 0. The van der Waals surface area contributed by atoms with Gasteiger partial charge in [-0.3, -0.25) is 9.59 Å². The third kappa shape index (κ3) is 3.60. The average molecular weight is 346 g/mol. The van der Waals surface area contributed by atoms with Gasteiger partial charge in [-0.05, 0) is 18.2 Å². The van der Waals surface area contributed by atoms with E-state index >= 15 is 0 Å². The number of amides is 1. The fourth-order valence-corrected chi connectivity index (χ4v) is 2.34. The summed E-state index contributed by atoms with van der Waals surface area (Å²) in [5, 5.41) is 10.9. The Morgan fingerprint density at radius 3 is 2.77 bits per heavy atom. The van der Waals surface area contributed by atoms with Crippen LogP contribution in [-0.4, -0.2) is 28.9 Å². The summed E-state index contributed by atoms with van der Waals surface area (Å²) in [5.74, 6) is 2.39. The highest BCUT2D eigenvalue weighted by Crippen LogP contribution is 2.15. The number of terminal acetylenes is 1. The number of ether oxygens (including phenoxy) is 1. The third-order valence-electron chi connectivity index (χ3n) is 3.51. The molecule has 1 amide bonds. The van der Waals surface area contributed by atoms with E-state index in [4.69, 9.17) is 11.2 Å². The number of rotatable bonds is 5. The number of para-hydroxylation sites is 1. The Hall–Kier alpha value is -3.92. The van der Waals surface area contributed by atoms with Crippen LogP contribution in [0.5, 0.6) is 5.75 Å². The van der Waals surface area contributed by atoms with E-state index in [9.17, 15) is 9.59 Å². The van der Waals surface area contributed by atoms with Crippen LogP contribution in [0.4, 0.5) is 0 Å². The fourth-order valence-electron chi connectivity index (χ4n) is 2.34. The van der Waals surface area contributed by atoms with Crippen molar-refractivity contribution < 1.29 is 9.53 Å². The predicted octanol–water partition coefficient (Wildman–Crippen LogP) is 1.70. The molecule has 7 heteroatoms. The average Bonchev–Trinajstić information content (AvgIpc) is 2.67. The number of carbonyl (C=O) groups is 1. The molecule has 0 aliphatic rings. The van der Waals surface area contributed by atoms with Crippen LogP contribution >= 0.6 is 0 Å². The van der Waals surface area contributed by atoms with Gasteiger partial charge in [0.2, 0.25) is 0 Å². The summed E-state index contributed by atoms with van der Waals surface area (Å²) in [7, 11) is 0. The zero-order valence-electron chi connectivity index (χ0n) is 13.6. The Kier molecular flexibility index (Phi) is 5.05. The monoisotopic (exact) mass is 346 g/mol. The van der Waals surface area contributed by atoms with E-state index < -0.39 is 5.91 Å². The van der Waals surface area contributed by atoms with Gasteiger partial charge in [-0.15, -0.1) is 6.42 Å². The molecule has 0 fully saturated rings. The lowest BCUT2D eigenvalue weighted by Gasteiger charge is -2.06. The van der Waals surface area contributed by atoms with Gasteiger partial charge in [0, 0.05) is 10.9 Å². The van der Waals surface area contributed by atoms with E-state index in [1.807, 2.05) is 6.07 Å². The molecule has 0 aliphatic heterocycles. The largest absolute Gasteiger partial charge is 0.480 e. The van der Waals surface area contributed by atoms with Gasteiger partial charge < -0.3 is 4.74 Å². The van der Waals surface area contributed by atoms with Gasteiger partial charge in [0.15, 0.2) is 5.69 Å². The SMILES string of the molecule is C#CCOc1ccccc1/C=N\NC(=O)c1n[nH]c(=O)c2ccccc12. The summed E-state index contributed by atoms with van der Waals surface area (Å²) in [5.41, 5.74) is 2.76. The quantitative estimate of drug-likeness (QED) is 0.417. The fraction of sp³-hybridized carbons (Fsp3) is 0.0526. The number of hydrogen-bond donors (Lipinski definition) is 2. The number of benzene rings is 2. The van der Waals surface area contributed by atoms with Crippen LogP contribution in [0.3, 0.4) is 0 Å². The maximum atomic E-state index is 12.3. The van der Waals surface area contributed by atoms with Crippen molar-refractivity contribution in [2.45, 2.75) is 0 Å². The van der Waals surface area contributed by atoms with E-state index in [1.54, 1.807) is 42.5 Å². The molecule has 1 aromatic heterocycles. The summed E-state index contributed by atoms with van der Waals surface area (Å²) < 4.78 is 5.41. The number of nitrogens with one attached hydrogen (secondary N) is 2. The smallest absolute Gasteiger partial charge is 0.292 e. The maximum Gasteiger partial charge on any atom is 0.292 e. The van der Waals surface area contributed by atoms with E-state index in [2.05, 4.69) is 26.6 Å². The van der Waals surface area contributed by atoms with Gasteiger partial charge >= 0.3 is 0 Å². The van der Waals surface area contributed by atoms with Crippen LogP contribution < -0.4 is 15.7 Å². The van der Waals surface area contributed by atoms with Crippen LogP contribution in [0.15, 0.2) is 58.4 Å². The Balaban J connectivity index is 1.80. The molecule has 1 heterocycles. The van der Waals surface area contributed by atoms with Crippen molar-refractivity contribution >= 4 is 22.9 Å². The van der Waals surface area contributed by atoms with Gasteiger partial charge in [0.05, 0.1) is 11.6 Å². The molecule has 0 saturated heterocycles. The van der Waals surface area contributed by atoms with E-state index in [0.29, 0.717) is 22.1 Å². The van der Waals surface area contributed by atoms with Crippen molar-refractivity contribution in [1.29, 1.82) is 0 Å². The molecule has 0 spiro atoms. The lowest BCUT2D eigenvalue weighted by atomic mass is 10.1. The van der Waals surface area contributed by atoms with Gasteiger partial charge in [0.1, 0.15) is 12.4 Å². The molecule has 7 nitrogen and oxygen atoms in total. The number of fused-ring (bicyclic) bond motifs is 1. The van der Waals surface area contributed by atoms with Gasteiger partial charge in [-0.25, -0.2) is 10.5 Å². The molecule has 0 radical (unpaired) electrons. The molecular weight excluding hydrogens is 332 g/mol. The summed E-state index contributed by atoms with van der Waals surface area (Å²) in [4.78, 5) is 24.1. The third-order valence-corrected chi connectivity index (χ3v) is 3.51. The first-order valence-electron chi connectivity index (χ1n) is 7.67.